The van der Waals surface area contributed by atoms with Crippen LogP contribution in [0.2, 0.25) is 0 Å². The Hall–Kier alpha value is -4.14. The molecule has 0 aliphatic carbocycles. The number of nitrogens with one attached hydrogen (secondary N) is 3. The van der Waals surface area contributed by atoms with Crippen molar-refractivity contribution in [2.24, 2.45) is 5.10 Å². The van der Waals surface area contributed by atoms with Gasteiger partial charge in [-0.3, -0.25) is 14.4 Å². The van der Waals surface area contributed by atoms with E-state index in [2.05, 4.69) is 21.2 Å². The molecule has 0 unspecified atom stereocenters. The fourth-order valence-electron chi connectivity index (χ4n) is 3.57. The van der Waals surface area contributed by atoms with Gasteiger partial charge >= 0.3 is 18.0 Å². The summed E-state index contributed by atoms with van der Waals surface area (Å²) in [7, 11) is 0. The molecule has 0 aromatic heterocycles. The van der Waals surface area contributed by atoms with Crippen LogP contribution in [0, 0.1) is 3.57 Å². The van der Waals surface area contributed by atoms with E-state index in [1.54, 1.807) is 25.1 Å². The molecule has 0 fully saturated rings. The van der Waals surface area contributed by atoms with Gasteiger partial charge in [0.1, 0.15) is 0 Å². The minimum absolute atomic E-state index is 0.196. The van der Waals surface area contributed by atoms with Crippen molar-refractivity contribution in [3.63, 3.8) is 0 Å². The average molecular weight is 682 g/mol. The summed E-state index contributed by atoms with van der Waals surface area (Å²) in [5.41, 5.74) is 2.69. The number of rotatable bonds is 10. The fraction of sp³-hybridized carbons (Fsp3) is 0.214. The lowest BCUT2D eigenvalue weighted by molar-refractivity contribution is -0.137. The maximum atomic E-state index is 13.2. The van der Waals surface area contributed by atoms with E-state index in [0.29, 0.717) is 21.2 Å². The Balaban J connectivity index is 1.65. The Morgan fingerprint density at radius 3 is 2.29 bits per heavy atom. The second-order valence-electron chi connectivity index (χ2n) is 8.31. The molecule has 0 bridgehead atoms. The Kier molecular flexibility index (Phi) is 11.1. The number of alkyl halides is 3. The molecule has 0 aliphatic rings. The molecular weight excluding hydrogens is 656 g/mol. The first-order chi connectivity index (χ1) is 19.5. The van der Waals surface area contributed by atoms with Crippen LogP contribution in [0.4, 0.5) is 24.5 Å². The summed E-state index contributed by atoms with van der Waals surface area (Å²) in [4.78, 5) is 36.8. The number of carbonyl (C=O) groups excluding carboxylic acids is 3. The summed E-state index contributed by atoms with van der Waals surface area (Å²) in [5.74, 6) is -2.21. The van der Waals surface area contributed by atoms with Crippen molar-refractivity contribution >= 4 is 57.9 Å². The lowest BCUT2D eigenvalue weighted by Gasteiger charge is -2.16. The summed E-state index contributed by atoms with van der Waals surface area (Å²) in [6.45, 7) is 3.32. The number of hydrazone groups is 1. The van der Waals surface area contributed by atoms with Crippen LogP contribution >= 0.6 is 22.6 Å². The summed E-state index contributed by atoms with van der Waals surface area (Å²) in [5, 5.41) is 8.59. The van der Waals surface area contributed by atoms with Gasteiger partial charge in [-0.15, -0.1) is 0 Å². The first-order valence-corrected chi connectivity index (χ1v) is 13.4. The monoisotopic (exact) mass is 682 g/mol. The molecule has 0 heterocycles. The molecular formula is C28H26F3IN4O5. The topological polar surface area (TPSA) is 118 Å². The van der Waals surface area contributed by atoms with Gasteiger partial charge in [0, 0.05) is 5.69 Å². The second-order valence-corrected chi connectivity index (χ2v) is 9.47. The first kappa shape index (κ1) is 31.4. The van der Waals surface area contributed by atoms with E-state index in [-0.39, 0.29) is 23.8 Å². The third kappa shape index (κ3) is 8.93. The van der Waals surface area contributed by atoms with Crippen LogP contribution in [0.5, 0.6) is 11.5 Å². The van der Waals surface area contributed by atoms with Crippen LogP contribution in [0.25, 0.3) is 0 Å². The smallest absolute Gasteiger partial charge is 0.418 e. The number of carbonyl (C=O) groups is 3. The highest BCUT2D eigenvalue weighted by Crippen LogP contribution is 2.35. The van der Waals surface area contributed by atoms with Crippen molar-refractivity contribution in [2.75, 3.05) is 23.8 Å². The van der Waals surface area contributed by atoms with Crippen LogP contribution < -0.4 is 25.5 Å². The zero-order valence-corrected chi connectivity index (χ0v) is 24.1. The van der Waals surface area contributed by atoms with Gasteiger partial charge in [0.15, 0.2) is 18.1 Å². The van der Waals surface area contributed by atoms with E-state index >= 15 is 0 Å². The standard InChI is InChI=1S/C28H26F3IN4O5/c1-3-18-9-5-7-11-21(18)35-26(38)27(39)36-33-15-17-13-20(32)25(23(14-17)40-4-2)41-16-24(37)34-22-12-8-6-10-19(22)28(29,30)31/h5-15H,3-4,16H2,1-2H3,(H,34,37)(H,35,38)(H,36,39)/b33-15-. The van der Waals surface area contributed by atoms with Crippen LogP contribution in [-0.4, -0.2) is 37.1 Å². The van der Waals surface area contributed by atoms with E-state index < -0.39 is 36.1 Å². The van der Waals surface area contributed by atoms with Gasteiger partial charge in [-0.2, -0.15) is 18.3 Å². The third-order valence-corrected chi connectivity index (χ3v) is 6.22. The number of hydrogen-bond acceptors (Lipinski definition) is 6. The molecule has 0 spiro atoms. The largest absolute Gasteiger partial charge is 0.490 e. The molecule has 0 saturated carbocycles. The van der Waals surface area contributed by atoms with Crippen LogP contribution in [-0.2, 0) is 27.0 Å². The third-order valence-electron chi connectivity index (χ3n) is 5.42. The van der Waals surface area contributed by atoms with Crippen molar-refractivity contribution < 1.29 is 37.0 Å². The number of benzene rings is 3. The van der Waals surface area contributed by atoms with E-state index in [9.17, 15) is 27.6 Å². The Morgan fingerprint density at radius 2 is 1.61 bits per heavy atom. The van der Waals surface area contributed by atoms with Gasteiger partial charge < -0.3 is 20.1 Å². The van der Waals surface area contributed by atoms with Gasteiger partial charge in [0.25, 0.3) is 5.91 Å². The van der Waals surface area contributed by atoms with Gasteiger partial charge in [-0.25, -0.2) is 5.43 Å². The van der Waals surface area contributed by atoms with Crippen molar-refractivity contribution in [2.45, 2.75) is 26.4 Å². The molecule has 0 atom stereocenters. The minimum atomic E-state index is -4.64. The van der Waals surface area contributed by atoms with Gasteiger partial charge in [0.05, 0.1) is 27.6 Å². The maximum absolute atomic E-state index is 13.2. The number of para-hydroxylation sites is 2. The molecule has 0 aliphatic heterocycles. The Bertz CT molecular complexity index is 1450. The molecule has 3 aromatic rings. The minimum Gasteiger partial charge on any atom is -0.490 e. The molecule has 3 N–H and O–H groups in total. The second kappa shape index (κ2) is 14.5. The molecule has 0 radical (unpaired) electrons. The predicted molar refractivity (Wildman–Crippen MR) is 156 cm³/mol. The normalized spacial score (nSPS) is 11.2. The summed E-state index contributed by atoms with van der Waals surface area (Å²) >= 11 is 1.93. The highest BCUT2D eigenvalue weighted by atomic mass is 127. The molecule has 13 heteroatoms. The quantitative estimate of drug-likeness (QED) is 0.115. The van der Waals surface area contributed by atoms with Crippen molar-refractivity contribution in [1.82, 2.24) is 5.43 Å². The SMILES string of the molecule is CCOc1cc(/C=N\NC(=O)C(=O)Nc2ccccc2CC)cc(I)c1OCC(=O)Nc1ccccc1C(F)(F)F. The summed E-state index contributed by atoms with van der Waals surface area (Å²) < 4.78 is 51.3. The molecule has 3 amide bonds. The number of anilines is 2. The number of hydrogen-bond donors (Lipinski definition) is 3. The van der Waals surface area contributed by atoms with Crippen molar-refractivity contribution in [3.8, 4) is 11.5 Å². The number of amides is 3. The van der Waals surface area contributed by atoms with Gasteiger partial charge in [-0.05, 0) is 77.4 Å². The first-order valence-electron chi connectivity index (χ1n) is 12.3. The van der Waals surface area contributed by atoms with E-state index in [1.165, 1.54) is 24.4 Å². The Labute approximate surface area is 247 Å². The highest BCUT2D eigenvalue weighted by molar-refractivity contribution is 14.1. The van der Waals surface area contributed by atoms with Gasteiger partial charge in [-0.1, -0.05) is 37.3 Å². The summed E-state index contributed by atoms with van der Waals surface area (Å²) in [6.07, 6.45) is -2.67. The fourth-order valence-corrected chi connectivity index (χ4v) is 4.36. The summed E-state index contributed by atoms with van der Waals surface area (Å²) in [6, 6.07) is 14.9. The molecule has 41 heavy (non-hydrogen) atoms. The highest BCUT2D eigenvalue weighted by Gasteiger charge is 2.33. The molecule has 216 valence electrons. The molecule has 3 aromatic carbocycles. The van der Waals surface area contributed by atoms with Crippen LogP contribution in [0.1, 0.15) is 30.5 Å². The zero-order valence-electron chi connectivity index (χ0n) is 22.0. The molecule has 3 rings (SSSR count). The average Bonchev–Trinajstić information content (AvgIpc) is 2.92. The van der Waals surface area contributed by atoms with Crippen molar-refractivity contribution in [3.05, 3.63) is 80.9 Å². The number of ether oxygens (including phenoxy) is 2. The van der Waals surface area contributed by atoms with Gasteiger partial charge in [0.2, 0.25) is 0 Å². The molecule has 9 nitrogen and oxygen atoms in total. The van der Waals surface area contributed by atoms with Crippen molar-refractivity contribution in [1.29, 1.82) is 0 Å². The number of halogens is 4. The lowest BCUT2D eigenvalue weighted by Crippen LogP contribution is -2.32. The number of aryl methyl sites for hydroxylation is 1. The maximum Gasteiger partial charge on any atom is 0.418 e. The van der Waals surface area contributed by atoms with E-state index in [1.807, 2.05) is 41.6 Å². The van der Waals surface area contributed by atoms with E-state index in [4.69, 9.17) is 9.47 Å². The van der Waals surface area contributed by atoms with E-state index in [0.717, 1.165) is 17.7 Å². The zero-order chi connectivity index (χ0) is 30.0. The van der Waals surface area contributed by atoms with Crippen LogP contribution in [0.3, 0.4) is 0 Å². The number of nitrogens with zero attached hydrogens (tertiary/aromatic N) is 1. The lowest BCUT2D eigenvalue weighted by atomic mass is 10.1. The Morgan fingerprint density at radius 1 is 0.927 bits per heavy atom. The predicted octanol–water partition coefficient (Wildman–Crippen LogP) is 5.38. The van der Waals surface area contributed by atoms with Crippen LogP contribution in [0.15, 0.2) is 65.8 Å². The molecule has 0 saturated heterocycles.